The van der Waals surface area contributed by atoms with Crippen molar-refractivity contribution in [3.63, 3.8) is 0 Å². The smallest absolute Gasteiger partial charge is 0.303 e. The summed E-state index contributed by atoms with van der Waals surface area (Å²) in [5, 5.41) is 16.6. The molecule has 1 aromatic heterocycles. The summed E-state index contributed by atoms with van der Waals surface area (Å²) in [6.07, 6.45) is 2.96. The number of aliphatic carboxylic acids is 1. The first-order valence-electron chi connectivity index (χ1n) is 4.78. The molecule has 1 fully saturated rings. The summed E-state index contributed by atoms with van der Waals surface area (Å²) in [6, 6.07) is 0. The second-order valence-corrected chi connectivity index (χ2v) is 3.70. The van der Waals surface area contributed by atoms with Crippen molar-refractivity contribution in [2.45, 2.75) is 31.6 Å². The highest BCUT2D eigenvalue weighted by Crippen LogP contribution is 2.38. The van der Waals surface area contributed by atoms with E-state index < -0.39 is 5.97 Å². The van der Waals surface area contributed by atoms with Crippen LogP contribution in [-0.4, -0.2) is 25.8 Å². The zero-order valence-corrected chi connectivity index (χ0v) is 8.10. The predicted octanol–water partition coefficient (Wildman–Crippen LogP) is 0.710. The first kappa shape index (κ1) is 9.18. The molecule has 76 valence electrons. The van der Waals surface area contributed by atoms with E-state index in [0.29, 0.717) is 12.3 Å². The molecule has 1 saturated carbocycles. The molecule has 0 saturated heterocycles. The van der Waals surface area contributed by atoms with Crippen molar-refractivity contribution in [1.82, 2.24) is 14.8 Å². The molecule has 0 aromatic carbocycles. The Bertz CT molecular complexity index is 355. The normalized spacial score (nSPS) is 15.8. The van der Waals surface area contributed by atoms with Crippen molar-refractivity contribution >= 4 is 5.97 Å². The van der Waals surface area contributed by atoms with Gasteiger partial charge in [0.05, 0.1) is 6.42 Å². The summed E-state index contributed by atoms with van der Waals surface area (Å²) in [4.78, 5) is 10.4. The van der Waals surface area contributed by atoms with Gasteiger partial charge in [-0.2, -0.15) is 0 Å². The average Bonchev–Trinajstić information content (AvgIpc) is 2.89. The van der Waals surface area contributed by atoms with Gasteiger partial charge < -0.3 is 9.67 Å². The summed E-state index contributed by atoms with van der Waals surface area (Å²) in [6.45, 7) is 0. The second-order valence-electron chi connectivity index (χ2n) is 3.70. The molecule has 1 N–H and O–H groups in total. The number of hydrogen-bond acceptors (Lipinski definition) is 3. The van der Waals surface area contributed by atoms with Crippen LogP contribution in [0, 0.1) is 0 Å². The van der Waals surface area contributed by atoms with Crippen molar-refractivity contribution in [3.8, 4) is 0 Å². The number of nitrogens with zero attached hydrogens (tertiary/aromatic N) is 3. The van der Waals surface area contributed by atoms with Gasteiger partial charge in [0.2, 0.25) is 0 Å². The number of carbonyl (C=O) groups is 1. The van der Waals surface area contributed by atoms with Gasteiger partial charge in [0.25, 0.3) is 0 Å². The third-order valence-electron chi connectivity index (χ3n) is 2.50. The average molecular weight is 195 g/mol. The molecule has 0 atom stereocenters. The topological polar surface area (TPSA) is 68.0 Å². The van der Waals surface area contributed by atoms with Crippen LogP contribution in [0.3, 0.4) is 0 Å². The highest BCUT2D eigenvalue weighted by atomic mass is 16.4. The van der Waals surface area contributed by atoms with Gasteiger partial charge in [-0.25, -0.2) is 0 Å². The minimum Gasteiger partial charge on any atom is -0.481 e. The van der Waals surface area contributed by atoms with Crippen LogP contribution in [0.4, 0.5) is 0 Å². The molecule has 0 bridgehead atoms. The largest absolute Gasteiger partial charge is 0.481 e. The maximum absolute atomic E-state index is 10.4. The SMILES string of the molecule is Cn1c(CCC(=O)O)nnc1C1CC1. The molecule has 1 heterocycles. The number of carboxylic acid groups (broad SMARTS) is 1. The number of rotatable bonds is 4. The van der Waals surface area contributed by atoms with Crippen LogP contribution in [0.2, 0.25) is 0 Å². The van der Waals surface area contributed by atoms with E-state index in [2.05, 4.69) is 10.2 Å². The van der Waals surface area contributed by atoms with Gasteiger partial charge >= 0.3 is 5.97 Å². The lowest BCUT2D eigenvalue weighted by atomic mass is 10.3. The van der Waals surface area contributed by atoms with Crippen LogP contribution >= 0.6 is 0 Å². The van der Waals surface area contributed by atoms with Crippen molar-refractivity contribution in [2.24, 2.45) is 7.05 Å². The van der Waals surface area contributed by atoms with E-state index in [1.807, 2.05) is 11.6 Å². The highest BCUT2D eigenvalue weighted by Gasteiger charge is 2.29. The lowest BCUT2D eigenvalue weighted by Crippen LogP contribution is -2.04. The molecule has 0 aliphatic heterocycles. The van der Waals surface area contributed by atoms with Crippen LogP contribution in [0.5, 0.6) is 0 Å². The third-order valence-corrected chi connectivity index (χ3v) is 2.50. The second kappa shape index (κ2) is 3.40. The third kappa shape index (κ3) is 1.76. The molecule has 1 aliphatic carbocycles. The van der Waals surface area contributed by atoms with Crippen LogP contribution in [0.15, 0.2) is 0 Å². The van der Waals surface area contributed by atoms with E-state index in [1.54, 1.807) is 0 Å². The molecule has 1 aliphatic rings. The van der Waals surface area contributed by atoms with Gasteiger partial charge in [-0.15, -0.1) is 10.2 Å². The van der Waals surface area contributed by atoms with Gasteiger partial charge in [-0.1, -0.05) is 0 Å². The summed E-state index contributed by atoms with van der Waals surface area (Å²) in [5.74, 6) is 1.55. The summed E-state index contributed by atoms with van der Waals surface area (Å²) in [5.41, 5.74) is 0. The Morgan fingerprint density at radius 2 is 2.29 bits per heavy atom. The van der Waals surface area contributed by atoms with Crippen molar-refractivity contribution in [3.05, 3.63) is 11.6 Å². The summed E-state index contributed by atoms with van der Waals surface area (Å²) in [7, 11) is 1.91. The van der Waals surface area contributed by atoms with E-state index in [0.717, 1.165) is 11.6 Å². The Balaban J connectivity index is 2.06. The van der Waals surface area contributed by atoms with Crippen LogP contribution in [0.25, 0.3) is 0 Å². The number of hydrogen-bond donors (Lipinski definition) is 1. The summed E-state index contributed by atoms with van der Waals surface area (Å²) >= 11 is 0. The molecule has 5 heteroatoms. The van der Waals surface area contributed by atoms with E-state index in [9.17, 15) is 4.79 Å². The van der Waals surface area contributed by atoms with E-state index in [4.69, 9.17) is 5.11 Å². The fraction of sp³-hybridized carbons (Fsp3) is 0.667. The van der Waals surface area contributed by atoms with Crippen LogP contribution in [0.1, 0.15) is 36.8 Å². The molecule has 5 nitrogen and oxygen atoms in total. The van der Waals surface area contributed by atoms with Crippen molar-refractivity contribution in [1.29, 1.82) is 0 Å². The van der Waals surface area contributed by atoms with Crippen molar-refractivity contribution in [2.75, 3.05) is 0 Å². The molecular weight excluding hydrogens is 182 g/mol. The monoisotopic (exact) mass is 195 g/mol. The molecule has 0 radical (unpaired) electrons. The zero-order chi connectivity index (χ0) is 10.1. The van der Waals surface area contributed by atoms with E-state index >= 15 is 0 Å². The molecule has 0 unspecified atom stereocenters. The molecule has 0 amide bonds. The maximum Gasteiger partial charge on any atom is 0.303 e. The van der Waals surface area contributed by atoms with Crippen LogP contribution < -0.4 is 0 Å². The number of aryl methyl sites for hydroxylation is 1. The van der Waals surface area contributed by atoms with Crippen LogP contribution in [-0.2, 0) is 18.3 Å². The van der Waals surface area contributed by atoms with Gasteiger partial charge in [0.15, 0.2) is 0 Å². The Morgan fingerprint density at radius 1 is 1.57 bits per heavy atom. The first-order chi connectivity index (χ1) is 6.68. The molecule has 2 rings (SSSR count). The Hall–Kier alpha value is -1.39. The number of aromatic nitrogens is 3. The Kier molecular flexibility index (Phi) is 2.23. The van der Waals surface area contributed by atoms with E-state index in [1.165, 1.54) is 12.8 Å². The molecule has 1 aromatic rings. The quantitative estimate of drug-likeness (QED) is 0.768. The lowest BCUT2D eigenvalue weighted by Gasteiger charge is -2.00. The molecular formula is C9H13N3O2. The highest BCUT2D eigenvalue weighted by molar-refractivity contribution is 5.66. The summed E-state index contributed by atoms with van der Waals surface area (Å²) < 4.78 is 1.93. The van der Waals surface area contributed by atoms with Gasteiger partial charge in [-0.05, 0) is 12.8 Å². The van der Waals surface area contributed by atoms with Crippen molar-refractivity contribution < 1.29 is 9.90 Å². The standard InChI is InChI=1S/C9H13N3O2/c1-12-7(4-5-8(13)14)10-11-9(12)6-2-3-6/h6H,2-5H2,1H3,(H,13,14). The fourth-order valence-corrected chi connectivity index (χ4v) is 1.51. The Morgan fingerprint density at radius 3 is 2.86 bits per heavy atom. The van der Waals surface area contributed by atoms with Gasteiger partial charge in [0, 0.05) is 19.4 Å². The lowest BCUT2D eigenvalue weighted by molar-refractivity contribution is -0.137. The molecule has 0 spiro atoms. The van der Waals surface area contributed by atoms with Gasteiger partial charge in [0.1, 0.15) is 11.6 Å². The maximum atomic E-state index is 10.4. The fourth-order valence-electron chi connectivity index (χ4n) is 1.51. The Labute approximate surface area is 81.8 Å². The minimum atomic E-state index is -0.791. The molecule has 14 heavy (non-hydrogen) atoms. The number of carboxylic acids is 1. The zero-order valence-electron chi connectivity index (χ0n) is 8.10. The predicted molar refractivity (Wildman–Crippen MR) is 48.9 cm³/mol. The minimum absolute atomic E-state index is 0.122. The van der Waals surface area contributed by atoms with Gasteiger partial charge in [-0.3, -0.25) is 4.79 Å². The first-order valence-corrected chi connectivity index (χ1v) is 4.78. The van der Waals surface area contributed by atoms with E-state index in [-0.39, 0.29) is 6.42 Å².